The molecule has 164 valence electrons. The molecule has 2 aromatic carbocycles. The van der Waals surface area contributed by atoms with Crippen LogP contribution < -0.4 is 20.1 Å². The van der Waals surface area contributed by atoms with Crippen molar-refractivity contribution in [2.45, 2.75) is 12.8 Å². The van der Waals surface area contributed by atoms with Crippen LogP contribution in [0.1, 0.15) is 12.1 Å². The van der Waals surface area contributed by atoms with Crippen LogP contribution >= 0.6 is 0 Å². The normalized spacial score (nSPS) is 12.1. The van der Waals surface area contributed by atoms with E-state index in [1.165, 1.54) is 0 Å². The molecule has 0 radical (unpaired) electrons. The smallest absolute Gasteiger partial charge is 0.325 e. The summed E-state index contributed by atoms with van der Waals surface area (Å²) in [5.74, 6) is -0.195. The fourth-order valence-corrected chi connectivity index (χ4v) is 3.14. The lowest BCUT2D eigenvalue weighted by Gasteiger charge is -2.19. The first-order chi connectivity index (χ1) is 15.6. The monoisotopic (exact) mass is 435 g/mol. The number of hydrogen-bond donors (Lipinski definition) is 2. The molecular formula is C23H21N3O6. The van der Waals surface area contributed by atoms with Crippen LogP contribution in [-0.4, -0.2) is 42.7 Å². The lowest BCUT2D eigenvalue weighted by molar-refractivity contribution is -0.148. The Hall–Kier alpha value is -4.14. The molecule has 0 unspecified atom stereocenters. The molecule has 32 heavy (non-hydrogen) atoms. The van der Waals surface area contributed by atoms with E-state index >= 15 is 0 Å². The third kappa shape index (κ3) is 5.51. The van der Waals surface area contributed by atoms with Gasteiger partial charge in [0.05, 0.1) is 11.9 Å². The summed E-state index contributed by atoms with van der Waals surface area (Å²) in [6.07, 6.45) is 0.456. The molecule has 9 heteroatoms. The van der Waals surface area contributed by atoms with Crippen molar-refractivity contribution in [3.05, 3.63) is 60.3 Å². The van der Waals surface area contributed by atoms with E-state index < -0.39 is 24.5 Å². The summed E-state index contributed by atoms with van der Waals surface area (Å²) in [5.41, 5.74) is 2.03. The molecule has 2 N–H and O–H groups in total. The van der Waals surface area contributed by atoms with Gasteiger partial charge in [-0.2, -0.15) is 0 Å². The van der Waals surface area contributed by atoms with Crippen molar-refractivity contribution in [2.24, 2.45) is 0 Å². The number of aryl methyl sites for hydroxylation is 1. The van der Waals surface area contributed by atoms with E-state index in [2.05, 4.69) is 15.6 Å². The van der Waals surface area contributed by atoms with Crippen LogP contribution in [0.4, 0.5) is 10.5 Å². The van der Waals surface area contributed by atoms with Crippen LogP contribution in [0, 0.1) is 0 Å². The molecule has 0 aliphatic carbocycles. The predicted molar refractivity (Wildman–Crippen MR) is 116 cm³/mol. The Kier molecular flexibility index (Phi) is 6.45. The third-order valence-corrected chi connectivity index (χ3v) is 4.66. The van der Waals surface area contributed by atoms with Crippen LogP contribution in [0.3, 0.4) is 0 Å². The largest absolute Gasteiger partial charge is 0.486 e. The maximum absolute atomic E-state index is 12.0. The highest BCUT2D eigenvalue weighted by Crippen LogP contribution is 2.32. The van der Waals surface area contributed by atoms with E-state index in [1.54, 1.807) is 18.2 Å². The maximum atomic E-state index is 12.0. The predicted octanol–water partition coefficient (Wildman–Crippen LogP) is 2.83. The zero-order valence-corrected chi connectivity index (χ0v) is 17.1. The van der Waals surface area contributed by atoms with Crippen molar-refractivity contribution < 1.29 is 28.6 Å². The molecule has 1 aromatic heterocycles. The van der Waals surface area contributed by atoms with Gasteiger partial charge in [0.1, 0.15) is 13.2 Å². The number of aromatic nitrogens is 1. The van der Waals surface area contributed by atoms with Gasteiger partial charge in [0, 0.05) is 29.3 Å². The van der Waals surface area contributed by atoms with Crippen molar-refractivity contribution in [1.82, 2.24) is 10.3 Å². The van der Waals surface area contributed by atoms with Gasteiger partial charge in [-0.3, -0.25) is 19.9 Å². The van der Waals surface area contributed by atoms with Gasteiger partial charge in [-0.05, 0) is 24.3 Å². The molecule has 0 atom stereocenters. The Labute approximate surface area is 183 Å². The zero-order chi connectivity index (χ0) is 22.3. The lowest BCUT2D eigenvalue weighted by Crippen LogP contribution is -2.37. The van der Waals surface area contributed by atoms with Crippen molar-refractivity contribution in [3.63, 3.8) is 0 Å². The number of imide groups is 1. The van der Waals surface area contributed by atoms with Crippen molar-refractivity contribution in [3.8, 4) is 11.5 Å². The molecule has 1 aliphatic heterocycles. The van der Waals surface area contributed by atoms with Gasteiger partial charge in [-0.1, -0.05) is 24.3 Å². The summed E-state index contributed by atoms with van der Waals surface area (Å²) in [5, 5.41) is 5.64. The number of fused-ring (bicyclic) bond motifs is 2. The number of rotatable bonds is 6. The van der Waals surface area contributed by atoms with Crippen molar-refractivity contribution in [2.75, 3.05) is 25.1 Å². The molecule has 0 saturated heterocycles. The van der Waals surface area contributed by atoms with E-state index in [4.69, 9.17) is 14.2 Å². The van der Waals surface area contributed by atoms with E-state index in [1.807, 2.05) is 36.4 Å². The third-order valence-electron chi connectivity index (χ3n) is 4.66. The van der Waals surface area contributed by atoms with E-state index in [0.717, 1.165) is 16.6 Å². The Bertz CT molecular complexity index is 1160. The first kappa shape index (κ1) is 21.1. The molecular weight excluding hydrogens is 414 g/mol. The number of benzene rings is 2. The second-order valence-electron chi connectivity index (χ2n) is 7.02. The Morgan fingerprint density at radius 1 is 0.969 bits per heavy atom. The molecule has 4 rings (SSSR count). The van der Waals surface area contributed by atoms with Gasteiger partial charge in [0.25, 0.3) is 5.91 Å². The number of ether oxygens (including phenoxy) is 3. The summed E-state index contributed by atoms with van der Waals surface area (Å²) in [4.78, 5) is 40.3. The zero-order valence-electron chi connectivity index (χ0n) is 17.1. The number of urea groups is 1. The molecule has 0 spiro atoms. The number of amides is 3. The van der Waals surface area contributed by atoms with Gasteiger partial charge in [0.2, 0.25) is 0 Å². The molecule has 0 fully saturated rings. The van der Waals surface area contributed by atoms with E-state index in [-0.39, 0.29) is 6.42 Å². The SMILES string of the molecule is O=C(COC(=O)CCc1ccc2ccccc2n1)NC(=O)Nc1ccc2c(c1)OCCO2. The summed E-state index contributed by atoms with van der Waals surface area (Å²) in [6.45, 7) is 0.328. The average Bonchev–Trinajstić information content (AvgIpc) is 2.81. The molecule has 9 nitrogen and oxygen atoms in total. The summed E-state index contributed by atoms with van der Waals surface area (Å²) < 4.78 is 15.8. The van der Waals surface area contributed by atoms with Gasteiger partial charge in [-0.25, -0.2) is 4.79 Å². The van der Waals surface area contributed by atoms with Gasteiger partial charge in [-0.15, -0.1) is 0 Å². The molecule has 1 aliphatic rings. The van der Waals surface area contributed by atoms with Crippen LogP contribution in [-0.2, 0) is 20.7 Å². The quantitative estimate of drug-likeness (QED) is 0.572. The van der Waals surface area contributed by atoms with E-state index in [0.29, 0.717) is 36.8 Å². The van der Waals surface area contributed by atoms with Crippen LogP contribution in [0.15, 0.2) is 54.6 Å². The van der Waals surface area contributed by atoms with Crippen LogP contribution in [0.2, 0.25) is 0 Å². The number of nitrogens with one attached hydrogen (secondary N) is 2. The second-order valence-corrected chi connectivity index (χ2v) is 7.02. The first-order valence-electron chi connectivity index (χ1n) is 10.1. The number of nitrogens with zero attached hydrogens (tertiary/aromatic N) is 1. The van der Waals surface area contributed by atoms with Crippen LogP contribution in [0.25, 0.3) is 10.9 Å². The second kappa shape index (κ2) is 9.78. The highest BCUT2D eigenvalue weighted by Gasteiger charge is 2.15. The minimum Gasteiger partial charge on any atom is -0.486 e. The summed E-state index contributed by atoms with van der Waals surface area (Å²) in [7, 11) is 0. The highest BCUT2D eigenvalue weighted by atomic mass is 16.6. The highest BCUT2D eigenvalue weighted by molar-refractivity contribution is 6.02. The van der Waals surface area contributed by atoms with Crippen molar-refractivity contribution in [1.29, 1.82) is 0 Å². The fraction of sp³-hybridized carbons (Fsp3) is 0.217. The standard InChI is InChI=1S/C23H21N3O6/c27-21(26-23(29)25-17-7-9-19-20(13-17)31-12-11-30-19)14-32-22(28)10-8-16-6-5-15-3-1-2-4-18(15)24-16/h1-7,9,13H,8,10-12,14H2,(H2,25,26,27,29). The van der Waals surface area contributed by atoms with Crippen LogP contribution in [0.5, 0.6) is 11.5 Å². The first-order valence-corrected chi connectivity index (χ1v) is 10.1. The molecule has 2 heterocycles. The number of anilines is 1. The van der Waals surface area contributed by atoms with Gasteiger partial charge < -0.3 is 19.5 Å². The minimum atomic E-state index is -0.747. The number of hydrogen-bond acceptors (Lipinski definition) is 7. The number of pyridine rings is 1. The molecule has 3 aromatic rings. The van der Waals surface area contributed by atoms with Crippen molar-refractivity contribution >= 4 is 34.5 Å². The molecule has 0 saturated carbocycles. The fourth-order valence-electron chi connectivity index (χ4n) is 3.14. The number of carbonyl (C=O) groups excluding carboxylic acids is 3. The lowest BCUT2D eigenvalue weighted by atomic mass is 10.1. The number of carbonyl (C=O) groups is 3. The molecule has 0 bridgehead atoms. The topological polar surface area (TPSA) is 116 Å². The number of para-hydroxylation sites is 1. The minimum absolute atomic E-state index is 0.0714. The van der Waals surface area contributed by atoms with Gasteiger partial charge >= 0.3 is 12.0 Å². The Balaban J connectivity index is 1.19. The average molecular weight is 435 g/mol. The Morgan fingerprint density at radius 3 is 2.66 bits per heavy atom. The summed E-state index contributed by atoms with van der Waals surface area (Å²) >= 11 is 0. The summed E-state index contributed by atoms with van der Waals surface area (Å²) in [6, 6.07) is 15.6. The Morgan fingerprint density at radius 2 is 1.78 bits per heavy atom. The molecule has 3 amide bonds. The van der Waals surface area contributed by atoms with E-state index in [9.17, 15) is 14.4 Å². The van der Waals surface area contributed by atoms with Gasteiger partial charge in [0.15, 0.2) is 18.1 Å². The maximum Gasteiger partial charge on any atom is 0.325 e. The number of esters is 1.